The first-order chi connectivity index (χ1) is 16.4. The van der Waals surface area contributed by atoms with Crippen molar-refractivity contribution in [2.45, 2.75) is 38.5 Å². The van der Waals surface area contributed by atoms with E-state index in [0.29, 0.717) is 30.3 Å². The van der Waals surface area contributed by atoms with Gasteiger partial charge >= 0.3 is 10.2 Å². The molecule has 0 atom stereocenters. The van der Waals surface area contributed by atoms with E-state index in [1.807, 2.05) is 24.3 Å². The Morgan fingerprint density at radius 1 is 1.09 bits per heavy atom. The molecule has 0 aliphatic carbocycles. The van der Waals surface area contributed by atoms with Crippen LogP contribution in [0.4, 0.5) is 11.4 Å². The molecule has 1 aliphatic rings. The van der Waals surface area contributed by atoms with Gasteiger partial charge in [0.05, 0.1) is 25.1 Å². The smallest absolute Gasteiger partial charge is 0.323 e. The average Bonchev–Trinajstić information content (AvgIpc) is 2.83. The summed E-state index contributed by atoms with van der Waals surface area (Å²) in [5, 5.41) is 0. The summed E-state index contributed by atoms with van der Waals surface area (Å²) in [6.45, 7) is 6.90. The monoisotopic (exact) mass is 487 g/mol. The first kappa shape index (κ1) is 25.9. The fourth-order valence-corrected chi connectivity index (χ4v) is 5.43. The van der Waals surface area contributed by atoms with E-state index in [2.05, 4.69) is 23.2 Å². The number of rotatable bonds is 14. The molecule has 0 fully saturated rings. The van der Waals surface area contributed by atoms with Gasteiger partial charge in [0.25, 0.3) is 0 Å². The number of hydrogen-bond donors (Lipinski definition) is 1. The van der Waals surface area contributed by atoms with Gasteiger partial charge in [-0.15, -0.1) is 6.58 Å². The number of nitrogens with one attached hydrogen (secondary N) is 1. The zero-order valence-corrected chi connectivity index (χ0v) is 21.1. The van der Waals surface area contributed by atoms with Gasteiger partial charge in [-0.05, 0) is 87.3 Å². The van der Waals surface area contributed by atoms with E-state index in [4.69, 9.17) is 9.47 Å². The number of aryl methyl sites for hydroxylation is 1. The predicted molar refractivity (Wildman–Crippen MR) is 139 cm³/mol. The van der Waals surface area contributed by atoms with Crippen LogP contribution in [0.15, 0.2) is 55.1 Å². The summed E-state index contributed by atoms with van der Waals surface area (Å²) in [4.78, 5) is 2.27. The van der Waals surface area contributed by atoms with Crippen molar-refractivity contribution >= 4 is 21.6 Å². The molecule has 34 heavy (non-hydrogen) atoms. The van der Waals surface area contributed by atoms with Crippen molar-refractivity contribution in [1.29, 1.82) is 0 Å². The number of likely N-dealkylation sites (N-methyl/N-ethyl adjacent to an activating group) is 1. The molecular weight excluding hydrogens is 450 g/mol. The van der Waals surface area contributed by atoms with Crippen LogP contribution in [0.25, 0.3) is 0 Å². The lowest BCUT2D eigenvalue weighted by Gasteiger charge is -2.31. The summed E-state index contributed by atoms with van der Waals surface area (Å²) >= 11 is 0. The Morgan fingerprint density at radius 3 is 2.56 bits per heavy atom. The summed E-state index contributed by atoms with van der Waals surface area (Å²) in [6.07, 6.45) is 8.03. The molecule has 2 aromatic rings. The number of nitrogens with zero attached hydrogens (tertiary/aromatic N) is 2. The minimum atomic E-state index is -3.73. The molecule has 186 valence electrons. The van der Waals surface area contributed by atoms with Crippen LogP contribution in [0.2, 0.25) is 0 Å². The maximum Gasteiger partial charge on any atom is 0.323 e. The highest BCUT2D eigenvalue weighted by molar-refractivity contribution is 7.94. The average molecular weight is 488 g/mol. The second kappa shape index (κ2) is 12.7. The Labute approximate surface area is 204 Å². The molecule has 0 saturated heterocycles. The van der Waals surface area contributed by atoms with Gasteiger partial charge in [-0.25, -0.2) is 0 Å². The van der Waals surface area contributed by atoms with Crippen LogP contribution in [0.1, 0.15) is 37.7 Å². The van der Waals surface area contributed by atoms with Crippen LogP contribution in [0.5, 0.6) is 11.5 Å². The van der Waals surface area contributed by atoms with E-state index in [1.54, 1.807) is 31.4 Å². The second-order valence-corrected chi connectivity index (χ2v) is 10.2. The molecule has 0 radical (unpaired) electrons. The Balaban J connectivity index is 1.51. The highest BCUT2D eigenvalue weighted by atomic mass is 32.2. The fourth-order valence-electron chi connectivity index (χ4n) is 4.08. The first-order valence-corrected chi connectivity index (χ1v) is 13.4. The standard InChI is InChI=1S/C26H37N3O4S/c1-4-17-28(2)18-7-5-6-8-20-33-25-15-16-26-22(21-25)10-9-19-29(26)34(30,31)27-23-11-13-24(32-3)14-12-23/h4,11-16,21,27H,1,5-10,17-20H2,2-3H3. The number of anilines is 2. The van der Waals surface area contributed by atoms with Crippen molar-refractivity contribution in [2.75, 3.05) is 49.4 Å². The molecule has 1 heterocycles. The second-order valence-electron chi connectivity index (χ2n) is 8.62. The van der Waals surface area contributed by atoms with E-state index in [0.717, 1.165) is 50.1 Å². The fraction of sp³-hybridized carbons (Fsp3) is 0.462. The molecule has 7 nitrogen and oxygen atoms in total. The molecule has 0 bridgehead atoms. The Bertz CT molecular complexity index is 1020. The highest BCUT2D eigenvalue weighted by Crippen LogP contribution is 2.33. The lowest BCUT2D eigenvalue weighted by atomic mass is 10.0. The highest BCUT2D eigenvalue weighted by Gasteiger charge is 2.27. The molecule has 2 aromatic carbocycles. The summed E-state index contributed by atoms with van der Waals surface area (Å²) in [5.74, 6) is 1.47. The van der Waals surface area contributed by atoms with Crippen LogP contribution in [0.3, 0.4) is 0 Å². The summed E-state index contributed by atoms with van der Waals surface area (Å²) < 4.78 is 41.4. The number of ether oxygens (including phenoxy) is 2. The molecule has 0 unspecified atom stereocenters. The molecule has 0 aromatic heterocycles. The third kappa shape index (κ3) is 7.40. The number of methoxy groups -OCH3 is 1. The zero-order chi connectivity index (χ0) is 24.4. The quantitative estimate of drug-likeness (QED) is 0.304. The molecule has 8 heteroatoms. The predicted octanol–water partition coefficient (Wildman–Crippen LogP) is 4.86. The molecule has 3 rings (SSSR count). The maximum absolute atomic E-state index is 13.1. The van der Waals surface area contributed by atoms with E-state index < -0.39 is 10.2 Å². The number of fused-ring (bicyclic) bond motifs is 1. The van der Waals surface area contributed by atoms with Crippen molar-refractivity contribution in [3.8, 4) is 11.5 Å². The third-order valence-corrected chi connectivity index (χ3v) is 7.35. The van der Waals surface area contributed by atoms with Crippen LogP contribution in [-0.4, -0.2) is 53.7 Å². The van der Waals surface area contributed by atoms with Gasteiger partial charge in [0.1, 0.15) is 11.5 Å². The Morgan fingerprint density at radius 2 is 1.82 bits per heavy atom. The first-order valence-electron chi connectivity index (χ1n) is 11.9. The molecular formula is C26H37N3O4S. The van der Waals surface area contributed by atoms with E-state index >= 15 is 0 Å². The zero-order valence-electron chi connectivity index (χ0n) is 20.3. The van der Waals surface area contributed by atoms with Gasteiger partial charge in [-0.2, -0.15) is 8.42 Å². The van der Waals surface area contributed by atoms with Crippen LogP contribution in [0, 0.1) is 0 Å². The van der Waals surface area contributed by atoms with Crippen molar-refractivity contribution in [3.05, 3.63) is 60.7 Å². The van der Waals surface area contributed by atoms with Gasteiger partial charge in [-0.1, -0.05) is 18.9 Å². The lowest BCUT2D eigenvalue weighted by molar-refractivity contribution is 0.300. The summed E-state index contributed by atoms with van der Waals surface area (Å²) in [6, 6.07) is 12.5. The van der Waals surface area contributed by atoms with Gasteiger partial charge in [-0.3, -0.25) is 9.03 Å². The Kier molecular flexibility index (Phi) is 9.65. The van der Waals surface area contributed by atoms with Crippen molar-refractivity contribution in [3.63, 3.8) is 0 Å². The molecule has 0 saturated carbocycles. The van der Waals surface area contributed by atoms with Gasteiger partial charge in [0.2, 0.25) is 0 Å². The van der Waals surface area contributed by atoms with Crippen LogP contribution < -0.4 is 18.5 Å². The minimum absolute atomic E-state index is 0.445. The van der Waals surface area contributed by atoms with E-state index in [1.165, 1.54) is 17.1 Å². The van der Waals surface area contributed by atoms with Gasteiger partial charge in [0, 0.05) is 13.1 Å². The topological polar surface area (TPSA) is 71.1 Å². The molecule has 1 N–H and O–H groups in total. The Hall–Kier alpha value is -2.71. The number of hydrogen-bond acceptors (Lipinski definition) is 5. The molecule has 1 aliphatic heterocycles. The summed E-state index contributed by atoms with van der Waals surface area (Å²) in [7, 11) is -0.0387. The molecule has 0 spiro atoms. The number of unbranched alkanes of at least 4 members (excludes halogenated alkanes) is 3. The van der Waals surface area contributed by atoms with Crippen molar-refractivity contribution in [1.82, 2.24) is 4.90 Å². The van der Waals surface area contributed by atoms with E-state index in [9.17, 15) is 8.42 Å². The number of benzene rings is 2. The SMILES string of the molecule is C=CCN(C)CCCCCCOc1ccc2c(c1)CCCN2S(=O)(=O)Nc1ccc(OC)cc1. The van der Waals surface area contributed by atoms with E-state index in [-0.39, 0.29) is 0 Å². The third-order valence-electron chi connectivity index (χ3n) is 5.90. The summed E-state index contributed by atoms with van der Waals surface area (Å²) in [5.41, 5.74) is 2.21. The maximum atomic E-state index is 13.1. The van der Waals surface area contributed by atoms with Crippen LogP contribution >= 0.6 is 0 Å². The largest absolute Gasteiger partial charge is 0.497 e. The minimum Gasteiger partial charge on any atom is -0.497 e. The molecule has 0 amide bonds. The van der Waals surface area contributed by atoms with Crippen molar-refractivity contribution < 1.29 is 17.9 Å². The normalized spacial score (nSPS) is 13.4. The van der Waals surface area contributed by atoms with Gasteiger partial charge < -0.3 is 14.4 Å². The van der Waals surface area contributed by atoms with Crippen LogP contribution in [-0.2, 0) is 16.6 Å². The van der Waals surface area contributed by atoms with Crippen molar-refractivity contribution in [2.24, 2.45) is 0 Å². The lowest BCUT2D eigenvalue weighted by Crippen LogP contribution is -2.39. The van der Waals surface area contributed by atoms with Gasteiger partial charge in [0.15, 0.2) is 0 Å².